The first-order valence-corrected chi connectivity index (χ1v) is 6.24. The van der Waals surface area contributed by atoms with Gasteiger partial charge in [-0.25, -0.2) is 0 Å². The van der Waals surface area contributed by atoms with Gasteiger partial charge in [-0.2, -0.15) is 0 Å². The Morgan fingerprint density at radius 3 is 2.85 bits per heavy atom. The molecule has 1 saturated carbocycles. The summed E-state index contributed by atoms with van der Waals surface area (Å²) in [6, 6.07) is 0. The van der Waals surface area contributed by atoms with Crippen LogP contribution in [0.15, 0.2) is 12.2 Å². The smallest absolute Gasteiger partial charge is 0.220 e. The first kappa shape index (κ1) is 8.30. The van der Waals surface area contributed by atoms with E-state index in [0.717, 1.165) is 27.9 Å². The fourth-order valence-corrected chi connectivity index (χ4v) is 3.94. The minimum Gasteiger partial charge on any atom is -0.474 e. The van der Waals surface area contributed by atoms with E-state index in [1.807, 2.05) is 0 Å². The van der Waals surface area contributed by atoms with Crippen molar-refractivity contribution in [2.24, 2.45) is 17.8 Å². The van der Waals surface area contributed by atoms with Crippen LogP contribution in [0.2, 0.25) is 0 Å². The van der Waals surface area contributed by atoms with Gasteiger partial charge in [-0.1, -0.05) is 23.9 Å². The fraction of sp³-hybridized carbons (Fsp3) is 0.700. The average Bonchev–Trinajstić information content (AvgIpc) is 2.77. The van der Waals surface area contributed by atoms with E-state index in [9.17, 15) is 0 Å². The second-order valence-corrected chi connectivity index (χ2v) is 5.78. The third kappa shape index (κ3) is 1.33. The van der Waals surface area contributed by atoms with Crippen LogP contribution < -0.4 is 0 Å². The molecule has 0 N–H and O–H groups in total. The molecule has 1 aliphatic heterocycles. The summed E-state index contributed by atoms with van der Waals surface area (Å²) in [5.41, 5.74) is 0. The van der Waals surface area contributed by atoms with Crippen molar-refractivity contribution in [1.82, 2.24) is 0 Å². The molecule has 3 rings (SSSR count). The summed E-state index contributed by atoms with van der Waals surface area (Å²) in [6.07, 6.45) is 7.87. The Balaban J connectivity index is 1.73. The van der Waals surface area contributed by atoms with Gasteiger partial charge in [-0.15, -0.1) is 0 Å². The lowest BCUT2D eigenvalue weighted by molar-refractivity contribution is 0.144. The zero-order valence-electron chi connectivity index (χ0n) is 7.31. The number of allylic oxidation sites excluding steroid dienone is 2. The van der Waals surface area contributed by atoms with Gasteiger partial charge in [-0.05, 0) is 36.9 Å². The van der Waals surface area contributed by atoms with Gasteiger partial charge in [0.25, 0.3) is 0 Å². The Kier molecular flexibility index (Phi) is 1.91. The van der Waals surface area contributed by atoms with Gasteiger partial charge < -0.3 is 4.74 Å². The summed E-state index contributed by atoms with van der Waals surface area (Å²) < 4.78 is 6.42. The van der Waals surface area contributed by atoms with Crippen molar-refractivity contribution < 1.29 is 4.74 Å². The van der Waals surface area contributed by atoms with Crippen LogP contribution in [0.1, 0.15) is 12.8 Å². The molecule has 13 heavy (non-hydrogen) atoms. The lowest BCUT2D eigenvalue weighted by Crippen LogP contribution is -2.25. The van der Waals surface area contributed by atoms with Crippen molar-refractivity contribution in [3.63, 3.8) is 0 Å². The number of ether oxygens (including phenoxy) is 1. The highest BCUT2D eigenvalue weighted by Crippen LogP contribution is 2.47. The monoisotopic (exact) mass is 212 g/mol. The van der Waals surface area contributed by atoms with Gasteiger partial charge in [0.15, 0.2) is 0 Å². The third-order valence-corrected chi connectivity index (χ3v) is 4.70. The molecule has 0 aromatic carbocycles. The maximum atomic E-state index is 5.66. The molecule has 0 aromatic heterocycles. The highest BCUT2D eigenvalue weighted by molar-refractivity contribution is 8.22. The van der Waals surface area contributed by atoms with E-state index in [0.29, 0.717) is 6.10 Å². The quantitative estimate of drug-likeness (QED) is 0.488. The second kappa shape index (κ2) is 2.99. The van der Waals surface area contributed by atoms with E-state index in [1.165, 1.54) is 12.8 Å². The molecule has 3 heteroatoms. The topological polar surface area (TPSA) is 9.23 Å². The molecule has 3 aliphatic rings. The standard InChI is InChI=1S/C10H12OS2/c12-10-11-9(5-13-10)8-4-6-1-2-7(8)3-6/h1-2,6-9H,3-5H2. The Hall–Kier alpha value is -0.0200. The molecule has 0 amide bonds. The predicted octanol–water partition coefficient (Wildman–Crippen LogP) is 2.62. The number of hydrogen-bond donors (Lipinski definition) is 0. The van der Waals surface area contributed by atoms with Crippen LogP contribution in [0, 0.1) is 17.8 Å². The number of fused-ring (bicyclic) bond motifs is 2. The summed E-state index contributed by atoms with van der Waals surface area (Å²) in [5, 5.41) is 0. The van der Waals surface area contributed by atoms with E-state index in [1.54, 1.807) is 11.8 Å². The van der Waals surface area contributed by atoms with Crippen LogP contribution in [-0.2, 0) is 4.74 Å². The van der Waals surface area contributed by atoms with Crippen molar-refractivity contribution in [1.29, 1.82) is 0 Å². The van der Waals surface area contributed by atoms with E-state index in [-0.39, 0.29) is 0 Å². The minimum atomic E-state index is 0.414. The molecule has 0 spiro atoms. The summed E-state index contributed by atoms with van der Waals surface area (Å²) in [7, 11) is 0. The van der Waals surface area contributed by atoms with Gasteiger partial charge >= 0.3 is 0 Å². The van der Waals surface area contributed by atoms with Crippen molar-refractivity contribution in [2.45, 2.75) is 18.9 Å². The SMILES string of the molecule is S=C1OC(C2CC3C=CC2C3)CS1. The molecule has 4 atom stereocenters. The Morgan fingerprint density at radius 2 is 2.31 bits per heavy atom. The molecule has 70 valence electrons. The van der Waals surface area contributed by atoms with Crippen molar-refractivity contribution in [2.75, 3.05) is 5.75 Å². The van der Waals surface area contributed by atoms with Crippen LogP contribution in [-0.4, -0.2) is 16.2 Å². The highest BCUT2D eigenvalue weighted by atomic mass is 32.2. The summed E-state index contributed by atoms with van der Waals surface area (Å²) >= 11 is 6.75. The van der Waals surface area contributed by atoms with Crippen LogP contribution in [0.3, 0.4) is 0 Å². The number of rotatable bonds is 1. The molecule has 1 saturated heterocycles. The zero-order chi connectivity index (χ0) is 8.84. The number of hydrogen-bond acceptors (Lipinski definition) is 3. The van der Waals surface area contributed by atoms with Crippen molar-refractivity contribution in [3.8, 4) is 0 Å². The number of thioether (sulfide) groups is 1. The van der Waals surface area contributed by atoms with Crippen LogP contribution in [0.25, 0.3) is 0 Å². The average molecular weight is 212 g/mol. The third-order valence-electron chi connectivity index (χ3n) is 3.42. The van der Waals surface area contributed by atoms with Crippen molar-refractivity contribution in [3.05, 3.63) is 12.2 Å². The molecule has 0 radical (unpaired) electrons. The van der Waals surface area contributed by atoms with E-state index in [2.05, 4.69) is 12.2 Å². The first-order valence-electron chi connectivity index (χ1n) is 4.84. The zero-order valence-corrected chi connectivity index (χ0v) is 8.94. The van der Waals surface area contributed by atoms with Gasteiger partial charge in [0.05, 0.1) is 0 Å². The summed E-state index contributed by atoms with van der Waals surface area (Å²) in [5.74, 6) is 3.47. The van der Waals surface area contributed by atoms with Crippen LogP contribution in [0.5, 0.6) is 0 Å². The van der Waals surface area contributed by atoms with E-state index >= 15 is 0 Å². The summed E-state index contributed by atoms with van der Waals surface area (Å²) in [6.45, 7) is 0. The van der Waals surface area contributed by atoms with Gasteiger partial charge in [0.2, 0.25) is 4.38 Å². The van der Waals surface area contributed by atoms with Gasteiger partial charge in [0.1, 0.15) is 6.10 Å². The van der Waals surface area contributed by atoms with Crippen LogP contribution >= 0.6 is 24.0 Å². The predicted molar refractivity (Wildman–Crippen MR) is 58.8 cm³/mol. The highest BCUT2D eigenvalue weighted by Gasteiger charge is 2.42. The molecule has 2 bridgehead atoms. The molecule has 2 aliphatic carbocycles. The minimum absolute atomic E-state index is 0.414. The van der Waals surface area contributed by atoms with Crippen LogP contribution in [0.4, 0.5) is 0 Å². The van der Waals surface area contributed by atoms with Gasteiger partial charge in [0, 0.05) is 11.7 Å². The lowest BCUT2D eigenvalue weighted by Gasteiger charge is -2.23. The van der Waals surface area contributed by atoms with Gasteiger partial charge in [-0.3, -0.25) is 0 Å². The normalized spacial score (nSPS) is 47.2. The molecule has 2 fully saturated rings. The molecule has 1 nitrogen and oxygen atoms in total. The lowest BCUT2D eigenvalue weighted by atomic mass is 9.89. The van der Waals surface area contributed by atoms with E-state index < -0.39 is 0 Å². The molecule has 1 heterocycles. The number of thiocarbonyl (C=S) groups is 1. The summed E-state index contributed by atoms with van der Waals surface area (Å²) in [4.78, 5) is 0. The Labute approximate surface area is 87.9 Å². The molecular weight excluding hydrogens is 200 g/mol. The van der Waals surface area contributed by atoms with Crippen molar-refractivity contribution >= 4 is 28.4 Å². The Morgan fingerprint density at radius 1 is 1.38 bits per heavy atom. The first-order chi connectivity index (χ1) is 6.33. The molecule has 4 unspecified atom stereocenters. The van der Waals surface area contributed by atoms with E-state index in [4.69, 9.17) is 17.0 Å². The maximum absolute atomic E-state index is 5.66. The fourth-order valence-electron chi connectivity index (χ4n) is 2.80. The maximum Gasteiger partial charge on any atom is 0.220 e. The molecule has 0 aromatic rings. The Bertz CT molecular complexity index is 274. The second-order valence-electron chi connectivity index (χ2n) is 4.16. The molecular formula is C10H12OS2. The largest absolute Gasteiger partial charge is 0.474 e.